The summed E-state index contributed by atoms with van der Waals surface area (Å²) in [7, 11) is 1.84. The van der Waals surface area contributed by atoms with E-state index in [4.69, 9.17) is 4.74 Å². The Morgan fingerprint density at radius 1 is 1.00 bits per heavy atom. The summed E-state index contributed by atoms with van der Waals surface area (Å²) in [4.78, 5) is 12.8. The Morgan fingerprint density at radius 2 is 1.55 bits per heavy atom. The van der Waals surface area contributed by atoms with Crippen LogP contribution in [0.25, 0.3) is 6.08 Å². The monoisotopic (exact) mass is 423 g/mol. The van der Waals surface area contributed by atoms with Gasteiger partial charge < -0.3 is 15.2 Å². The molecule has 0 bridgehead atoms. The first-order chi connectivity index (χ1) is 14.3. The molecule has 4 nitrogen and oxygen atoms in total. The molecule has 4 heteroatoms. The lowest BCUT2D eigenvalue weighted by atomic mass is 9.78. The van der Waals surface area contributed by atoms with Crippen LogP contribution in [-0.4, -0.2) is 24.0 Å². The third-order valence-corrected chi connectivity index (χ3v) is 5.12. The minimum Gasteiger partial charge on any atom is -0.507 e. The summed E-state index contributed by atoms with van der Waals surface area (Å²) in [5, 5.41) is 14.3. The third-order valence-electron chi connectivity index (χ3n) is 5.12. The van der Waals surface area contributed by atoms with Crippen LogP contribution in [0.1, 0.15) is 82.4 Å². The number of hydrogen-bond donors (Lipinski definition) is 2. The highest BCUT2D eigenvalue weighted by molar-refractivity contribution is 6.07. The number of nitrogens with one attached hydrogen (secondary N) is 1. The number of aromatic hydroxyl groups is 1. The van der Waals surface area contributed by atoms with Gasteiger partial charge in [0.05, 0.1) is 11.7 Å². The van der Waals surface area contributed by atoms with Crippen LogP contribution in [0.3, 0.4) is 0 Å². The number of rotatable bonds is 6. The van der Waals surface area contributed by atoms with Gasteiger partial charge in [0, 0.05) is 29.4 Å². The summed E-state index contributed by atoms with van der Waals surface area (Å²) in [5.74, 6) is 0.657. The van der Waals surface area contributed by atoms with Crippen molar-refractivity contribution >= 4 is 17.5 Å². The number of allylic oxidation sites excluding steroid dienone is 1. The van der Waals surface area contributed by atoms with E-state index in [1.807, 2.05) is 39.1 Å². The van der Waals surface area contributed by atoms with Gasteiger partial charge in [-0.2, -0.15) is 0 Å². The third kappa shape index (κ3) is 5.90. The molecule has 0 heterocycles. The highest BCUT2D eigenvalue weighted by Crippen LogP contribution is 2.45. The molecule has 0 radical (unpaired) electrons. The number of carbonyl (C=O) groups is 1. The van der Waals surface area contributed by atoms with E-state index in [9.17, 15) is 9.90 Å². The van der Waals surface area contributed by atoms with Crippen molar-refractivity contribution in [2.45, 2.75) is 72.3 Å². The Bertz CT molecular complexity index is 956. The zero-order valence-corrected chi connectivity index (χ0v) is 20.4. The number of benzene rings is 2. The molecular weight excluding hydrogens is 386 g/mol. The first-order valence-electron chi connectivity index (χ1n) is 10.8. The number of phenolic OH excluding ortho intramolecular Hbond substituents is 1. The van der Waals surface area contributed by atoms with Gasteiger partial charge in [-0.05, 0) is 67.2 Å². The van der Waals surface area contributed by atoms with Crippen molar-refractivity contribution in [2.75, 3.05) is 12.4 Å². The summed E-state index contributed by atoms with van der Waals surface area (Å²) < 4.78 is 6.19. The van der Waals surface area contributed by atoms with Crippen LogP contribution in [0.15, 0.2) is 36.4 Å². The number of hydrogen-bond acceptors (Lipinski definition) is 4. The van der Waals surface area contributed by atoms with E-state index in [1.165, 1.54) is 6.08 Å². The molecule has 0 aliphatic heterocycles. The lowest BCUT2D eigenvalue weighted by Gasteiger charge is -2.30. The highest BCUT2D eigenvalue weighted by atomic mass is 16.5. The molecule has 0 saturated carbocycles. The number of phenols is 1. The highest BCUT2D eigenvalue weighted by Gasteiger charge is 2.29. The van der Waals surface area contributed by atoms with Gasteiger partial charge in [-0.1, -0.05) is 41.5 Å². The lowest BCUT2D eigenvalue weighted by molar-refractivity contribution is 0.104. The molecule has 0 unspecified atom stereocenters. The van der Waals surface area contributed by atoms with Crippen molar-refractivity contribution in [3.63, 3.8) is 0 Å². The summed E-state index contributed by atoms with van der Waals surface area (Å²) in [6.07, 6.45) is 3.12. The van der Waals surface area contributed by atoms with E-state index in [0.717, 1.165) is 16.8 Å². The summed E-state index contributed by atoms with van der Waals surface area (Å²) >= 11 is 0. The van der Waals surface area contributed by atoms with Crippen LogP contribution in [-0.2, 0) is 10.8 Å². The van der Waals surface area contributed by atoms with Crippen molar-refractivity contribution in [2.24, 2.45) is 0 Å². The molecule has 0 saturated heterocycles. The molecule has 0 aliphatic rings. The molecule has 2 N–H and O–H groups in total. The maximum absolute atomic E-state index is 12.8. The van der Waals surface area contributed by atoms with E-state index in [0.29, 0.717) is 16.9 Å². The molecule has 31 heavy (non-hydrogen) atoms. The maximum atomic E-state index is 12.8. The second kappa shape index (κ2) is 9.17. The van der Waals surface area contributed by atoms with Gasteiger partial charge in [0.1, 0.15) is 11.5 Å². The van der Waals surface area contributed by atoms with Gasteiger partial charge >= 0.3 is 0 Å². The fraction of sp³-hybridized carbons (Fsp3) is 0.444. The first kappa shape index (κ1) is 24.5. The van der Waals surface area contributed by atoms with Gasteiger partial charge in [0.25, 0.3) is 0 Å². The fourth-order valence-electron chi connectivity index (χ4n) is 3.38. The average molecular weight is 424 g/mol. The van der Waals surface area contributed by atoms with E-state index < -0.39 is 0 Å². The quantitative estimate of drug-likeness (QED) is 0.400. The standard InChI is InChI=1S/C27H37NO3/c1-17(2)31-25-20(14-15-23(29)18-10-12-19(28-9)13-11-18)24(30)21(26(3,4)5)16-22(25)27(6,7)8/h10-17,28,30H,1-9H3/b15-14+. The molecular formula is C27H37NO3. The molecule has 0 fully saturated rings. The maximum Gasteiger partial charge on any atom is 0.185 e. The molecule has 0 aromatic heterocycles. The molecule has 2 aromatic carbocycles. The Morgan fingerprint density at radius 3 is 2.00 bits per heavy atom. The van der Waals surface area contributed by atoms with Gasteiger partial charge in [-0.15, -0.1) is 0 Å². The SMILES string of the molecule is CNc1ccc(C(=O)/C=C/c2c(O)c(C(C)(C)C)cc(C(C)(C)C)c2OC(C)C)cc1. The Kier molecular flexibility index (Phi) is 7.25. The molecule has 0 amide bonds. The largest absolute Gasteiger partial charge is 0.507 e. The van der Waals surface area contributed by atoms with Crippen LogP contribution in [0.5, 0.6) is 11.5 Å². The zero-order chi connectivity index (χ0) is 23.6. The number of ether oxygens (including phenoxy) is 1. The molecule has 168 valence electrons. The number of ketones is 1. The van der Waals surface area contributed by atoms with E-state index in [2.05, 4.69) is 46.9 Å². The first-order valence-corrected chi connectivity index (χ1v) is 10.8. The summed E-state index contributed by atoms with van der Waals surface area (Å²) in [5.41, 5.74) is 3.45. The predicted molar refractivity (Wildman–Crippen MR) is 131 cm³/mol. The predicted octanol–water partition coefficient (Wildman–Crippen LogP) is 6.71. The summed E-state index contributed by atoms with van der Waals surface area (Å²) in [6, 6.07) is 9.35. The lowest BCUT2D eigenvalue weighted by Crippen LogP contribution is -2.20. The van der Waals surface area contributed by atoms with E-state index in [-0.39, 0.29) is 28.5 Å². The van der Waals surface area contributed by atoms with Crippen molar-refractivity contribution in [1.29, 1.82) is 0 Å². The second-order valence-corrected chi connectivity index (χ2v) is 10.3. The molecule has 0 atom stereocenters. The van der Waals surface area contributed by atoms with Crippen molar-refractivity contribution in [3.8, 4) is 11.5 Å². The zero-order valence-electron chi connectivity index (χ0n) is 20.4. The molecule has 2 aromatic rings. The normalized spacial score (nSPS) is 12.5. The van der Waals surface area contributed by atoms with Gasteiger partial charge in [0.15, 0.2) is 5.78 Å². The van der Waals surface area contributed by atoms with E-state index in [1.54, 1.807) is 18.2 Å². The number of carbonyl (C=O) groups excluding carboxylic acids is 1. The van der Waals surface area contributed by atoms with Crippen LogP contribution in [0, 0.1) is 0 Å². The number of anilines is 1. The Hall–Kier alpha value is -2.75. The second-order valence-electron chi connectivity index (χ2n) is 10.3. The molecule has 2 rings (SSSR count). The average Bonchev–Trinajstić information content (AvgIpc) is 2.65. The van der Waals surface area contributed by atoms with Crippen LogP contribution < -0.4 is 10.1 Å². The van der Waals surface area contributed by atoms with Crippen molar-refractivity contribution in [1.82, 2.24) is 0 Å². The minimum absolute atomic E-state index is 0.0714. The smallest absolute Gasteiger partial charge is 0.185 e. The van der Waals surface area contributed by atoms with Gasteiger partial charge in [-0.3, -0.25) is 4.79 Å². The minimum atomic E-state index is -0.268. The van der Waals surface area contributed by atoms with Crippen LogP contribution in [0.2, 0.25) is 0 Å². The Balaban J connectivity index is 2.66. The van der Waals surface area contributed by atoms with E-state index >= 15 is 0 Å². The molecule has 0 aliphatic carbocycles. The van der Waals surface area contributed by atoms with Crippen molar-refractivity contribution in [3.05, 3.63) is 58.7 Å². The van der Waals surface area contributed by atoms with Crippen LogP contribution >= 0.6 is 0 Å². The topological polar surface area (TPSA) is 58.6 Å². The van der Waals surface area contributed by atoms with Gasteiger partial charge in [0.2, 0.25) is 0 Å². The fourth-order valence-corrected chi connectivity index (χ4v) is 3.38. The Labute approximate surface area is 187 Å². The van der Waals surface area contributed by atoms with Gasteiger partial charge in [-0.25, -0.2) is 0 Å². The summed E-state index contributed by atoms with van der Waals surface area (Å²) in [6.45, 7) is 16.5. The van der Waals surface area contributed by atoms with Crippen molar-refractivity contribution < 1.29 is 14.6 Å². The molecule has 0 spiro atoms. The van der Waals surface area contributed by atoms with Crippen LogP contribution in [0.4, 0.5) is 5.69 Å².